The Kier molecular flexibility index (Phi) is 6.60. The van der Waals surface area contributed by atoms with Gasteiger partial charge >= 0.3 is 6.03 Å². The number of benzene rings is 2. The number of carbonyl (C=O) groups excluding carboxylic acids is 2. The molecule has 1 atom stereocenters. The Morgan fingerprint density at radius 2 is 1.95 bits per heavy atom. The quantitative estimate of drug-likeness (QED) is 0.387. The second-order valence-corrected chi connectivity index (χ2v) is 11.0. The summed E-state index contributed by atoms with van der Waals surface area (Å²) in [6.45, 7) is 5.27. The number of fused-ring (bicyclic) bond motifs is 4. The molecule has 0 bridgehead atoms. The van der Waals surface area contributed by atoms with Crippen molar-refractivity contribution < 1.29 is 19.1 Å². The van der Waals surface area contributed by atoms with Crippen LogP contribution in [0.4, 0.5) is 16.3 Å². The van der Waals surface area contributed by atoms with E-state index in [4.69, 9.17) is 9.47 Å². The highest BCUT2D eigenvalue weighted by Crippen LogP contribution is 2.57. The Labute approximate surface area is 239 Å². The summed E-state index contributed by atoms with van der Waals surface area (Å²) in [6, 6.07) is 15.4. The first-order valence-corrected chi connectivity index (χ1v) is 14.1. The van der Waals surface area contributed by atoms with Gasteiger partial charge in [0.1, 0.15) is 28.8 Å². The lowest BCUT2D eigenvalue weighted by Gasteiger charge is -2.32. The van der Waals surface area contributed by atoms with Crippen molar-refractivity contribution in [1.82, 2.24) is 20.0 Å². The summed E-state index contributed by atoms with van der Waals surface area (Å²) in [6.07, 6.45) is 2.63. The number of pyridine rings is 1. The zero-order valence-corrected chi connectivity index (χ0v) is 22.9. The molecule has 0 saturated carbocycles. The number of allylic oxidation sites excluding steroid dienone is 2. The highest BCUT2D eigenvalue weighted by atomic mass is 16.5. The second-order valence-electron chi connectivity index (χ2n) is 11.0. The van der Waals surface area contributed by atoms with E-state index in [2.05, 4.69) is 49.8 Å². The molecule has 208 valence electrons. The predicted octanol–water partition coefficient (Wildman–Crippen LogP) is 3.38. The third-order valence-electron chi connectivity index (χ3n) is 8.11. The predicted molar refractivity (Wildman–Crippen MR) is 157 cm³/mol. The van der Waals surface area contributed by atoms with Gasteiger partial charge in [-0.25, -0.2) is 9.78 Å². The van der Waals surface area contributed by atoms with Crippen LogP contribution in [0.5, 0.6) is 17.2 Å². The molecule has 0 radical (unpaired) electrons. The standard InChI is InChI=1S/C30H31BN6O4/c1-36-12-14-37(15-13-36)17-18-2-4-19(5-3-18)33-30(39)35-31-27-26-22-16-20(6-8-23(22)41-28(26)27)40-24-10-11-32-29-21(24)7-9-25(38)34-29/h2-6,8,10-11,16,26,31H,7,9,12-15,17H2,1H3,(H,32,34,38)(H2,33,35,39)/t26-/m0/s1. The lowest BCUT2D eigenvalue weighted by Crippen LogP contribution is -2.43. The van der Waals surface area contributed by atoms with Crippen LogP contribution in [0.3, 0.4) is 0 Å². The SMILES string of the molecule is CN1CCN(Cc2ccc(NC(=O)NBC3=C4Oc5ccc(Oc6ccnc7c6CCC(=O)N7)cc5[C@@H]34)cc2)CC1. The number of piperazine rings is 1. The topological polar surface area (TPSA) is 108 Å². The minimum atomic E-state index is -0.248. The maximum absolute atomic E-state index is 12.6. The van der Waals surface area contributed by atoms with Gasteiger partial charge in [-0.1, -0.05) is 12.1 Å². The van der Waals surface area contributed by atoms with E-state index in [0.29, 0.717) is 37.6 Å². The van der Waals surface area contributed by atoms with Gasteiger partial charge in [-0.15, -0.1) is 0 Å². The number of anilines is 2. The van der Waals surface area contributed by atoms with Gasteiger partial charge in [0.15, 0.2) is 0 Å². The van der Waals surface area contributed by atoms with Crippen molar-refractivity contribution in [3.8, 4) is 17.2 Å². The van der Waals surface area contributed by atoms with Crippen molar-refractivity contribution in [1.29, 1.82) is 0 Å². The first-order valence-electron chi connectivity index (χ1n) is 14.1. The summed E-state index contributed by atoms with van der Waals surface area (Å²) in [5, 5.41) is 8.69. The molecule has 41 heavy (non-hydrogen) atoms. The van der Waals surface area contributed by atoms with Gasteiger partial charge in [0.05, 0.1) is 5.92 Å². The summed E-state index contributed by atoms with van der Waals surface area (Å²) in [5.41, 5.74) is 5.00. The first kappa shape index (κ1) is 25.6. The highest BCUT2D eigenvalue weighted by molar-refractivity contribution is 6.49. The molecular formula is C30H31BN6O4. The van der Waals surface area contributed by atoms with Gasteiger partial charge in [-0.3, -0.25) is 9.69 Å². The van der Waals surface area contributed by atoms with Crippen molar-refractivity contribution >= 4 is 30.9 Å². The minimum Gasteiger partial charge on any atom is -0.461 e. The zero-order valence-electron chi connectivity index (χ0n) is 22.9. The van der Waals surface area contributed by atoms with Gasteiger partial charge in [-0.05, 0) is 60.9 Å². The number of nitrogens with zero attached hydrogens (tertiary/aromatic N) is 3. The van der Waals surface area contributed by atoms with Crippen molar-refractivity contribution in [3.63, 3.8) is 0 Å². The van der Waals surface area contributed by atoms with E-state index in [-0.39, 0.29) is 17.9 Å². The van der Waals surface area contributed by atoms with Crippen LogP contribution in [-0.4, -0.2) is 67.4 Å². The van der Waals surface area contributed by atoms with Gasteiger partial charge in [0.25, 0.3) is 7.41 Å². The Morgan fingerprint density at radius 1 is 1.12 bits per heavy atom. The third kappa shape index (κ3) is 5.38. The number of ether oxygens (including phenoxy) is 2. The Bertz CT molecular complexity index is 1550. The molecule has 4 aliphatic rings. The van der Waals surface area contributed by atoms with Crippen LogP contribution in [0.2, 0.25) is 0 Å². The van der Waals surface area contributed by atoms with Gasteiger partial charge in [-0.2, -0.15) is 0 Å². The molecule has 2 aromatic carbocycles. The molecule has 4 heterocycles. The summed E-state index contributed by atoms with van der Waals surface area (Å²) in [5.74, 6) is 3.67. The molecular weight excluding hydrogens is 519 g/mol. The van der Waals surface area contributed by atoms with Gasteiger partial charge in [0, 0.05) is 62.2 Å². The fourth-order valence-corrected chi connectivity index (χ4v) is 5.70. The van der Waals surface area contributed by atoms with Crippen molar-refractivity contribution in [2.45, 2.75) is 25.3 Å². The smallest absolute Gasteiger partial charge is 0.307 e. The van der Waals surface area contributed by atoms with E-state index < -0.39 is 0 Å². The summed E-state index contributed by atoms with van der Waals surface area (Å²) in [4.78, 5) is 33.4. The summed E-state index contributed by atoms with van der Waals surface area (Å²) < 4.78 is 12.2. The van der Waals surface area contributed by atoms with Crippen LogP contribution in [0.25, 0.3) is 0 Å². The molecule has 7 rings (SSSR count). The van der Waals surface area contributed by atoms with Crippen LogP contribution in [0.15, 0.2) is 66.0 Å². The molecule has 0 unspecified atom stereocenters. The second kappa shape index (κ2) is 10.6. The molecule has 11 heteroatoms. The molecule has 1 fully saturated rings. The Balaban J connectivity index is 0.920. The number of aromatic nitrogens is 1. The molecule has 3 aromatic rings. The molecule has 3 N–H and O–H groups in total. The van der Waals surface area contributed by atoms with E-state index in [0.717, 1.165) is 66.5 Å². The largest absolute Gasteiger partial charge is 0.461 e. The maximum Gasteiger partial charge on any atom is 0.307 e. The maximum atomic E-state index is 12.6. The zero-order chi connectivity index (χ0) is 27.9. The fourth-order valence-electron chi connectivity index (χ4n) is 5.70. The average molecular weight is 550 g/mol. The van der Waals surface area contributed by atoms with Crippen molar-refractivity contribution in [3.05, 3.63) is 82.6 Å². The molecule has 0 spiro atoms. The van der Waals surface area contributed by atoms with E-state index in [1.165, 1.54) is 5.56 Å². The number of hydrogen-bond acceptors (Lipinski definition) is 7. The monoisotopic (exact) mass is 550 g/mol. The molecule has 1 saturated heterocycles. The van der Waals surface area contributed by atoms with E-state index >= 15 is 0 Å². The van der Waals surface area contributed by atoms with E-state index in [1.54, 1.807) is 6.20 Å². The number of nitrogens with one attached hydrogen (secondary N) is 3. The number of carbonyl (C=O) groups is 2. The van der Waals surface area contributed by atoms with Crippen LogP contribution in [0.1, 0.15) is 29.0 Å². The molecule has 1 aliphatic carbocycles. The Morgan fingerprint density at radius 3 is 2.78 bits per heavy atom. The van der Waals surface area contributed by atoms with Crippen LogP contribution in [-0.2, 0) is 17.8 Å². The molecule has 1 aromatic heterocycles. The lowest BCUT2D eigenvalue weighted by molar-refractivity contribution is -0.116. The van der Waals surface area contributed by atoms with Gasteiger partial charge < -0.3 is 30.2 Å². The molecule has 3 amide bonds. The van der Waals surface area contributed by atoms with Crippen LogP contribution < -0.4 is 25.3 Å². The first-order chi connectivity index (χ1) is 20.0. The number of rotatable bonds is 7. The fraction of sp³-hybridized carbons (Fsp3) is 0.300. The normalized spacial score (nSPS) is 19.3. The number of urea groups is 1. The minimum absolute atomic E-state index is 0.0337. The van der Waals surface area contributed by atoms with E-state index in [9.17, 15) is 9.59 Å². The number of amides is 3. The number of likely N-dealkylation sites (N-methyl/N-ethyl adjacent to an activating group) is 1. The molecule has 3 aliphatic heterocycles. The van der Waals surface area contributed by atoms with E-state index in [1.807, 2.05) is 36.4 Å². The summed E-state index contributed by atoms with van der Waals surface area (Å²) >= 11 is 0. The average Bonchev–Trinajstić information content (AvgIpc) is 3.53. The van der Waals surface area contributed by atoms with Crippen molar-refractivity contribution in [2.24, 2.45) is 0 Å². The molecule has 10 nitrogen and oxygen atoms in total. The lowest BCUT2D eigenvalue weighted by atomic mass is 9.85. The van der Waals surface area contributed by atoms with Crippen LogP contribution >= 0.6 is 0 Å². The number of hydrogen-bond donors (Lipinski definition) is 3. The third-order valence-corrected chi connectivity index (χ3v) is 8.11. The van der Waals surface area contributed by atoms with Gasteiger partial charge in [0.2, 0.25) is 5.91 Å². The summed E-state index contributed by atoms with van der Waals surface area (Å²) in [7, 11) is 2.57. The van der Waals surface area contributed by atoms with Crippen molar-refractivity contribution in [2.75, 3.05) is 43.9 Å². The highest BCUT2D eigenvalue weighted by Gasteiger charge is 2.47. The van der Waals surface area contributed by atoms with Crippen LogP contribution in [0, 0.1) is 0 Å². The Hall–Kier alpha value is -4.35.